The minimum Gasteiger partial charge on any atom is -0.462 e. The van der Waals surface area contributed by atoms with E-state index < -0.39 is 37.3 Å². The Kier molecular flexibility index (Phi) is 4.54. The van der Waals surface area contributed by atoms with E-state index in [2.05, 4.69) is 4.98 Å². The van der Waals surface area contributed by atoms with Crippen molar-refractivity contribution in [2.75, 3.05) is 6.61 Å². The molecule has 0 amide bonds. The standard InChI is InChI=1S/C18H17NO8/c20-7-14-15(22)16(23)17(24)18(27-14)25-9-2-4-11-13(6-9)26-12-5-8(21)1-3-10(12)19-11/h1-6,14-18,20,22-24H,7H2/t14-,15-,16+,17-,18-/m1/s1. The van der Waals surface area contributed by atoms with E-state index in [0.717, 1.165) is 0 Å². The van der Waals surface area contributed by atoms with Gasteiger partial charge in [0.25, 0.3) is 0 Å². The molecule has 1 saturated heterocycles. The van der Waals surface area contributed by atoms with Crippen LogP contribution in [0.2, 0.25) is 0 Å². The molecule has 5 atom stereocenters. The summed E-state index contributed by atoms with van der Waals surface area (Å²) >= 11 is 0. The summed E-state index contributed by atoms with van der Waals surface area (Å²) in [4.78, 5) is 15.9. The Morgan fingerprint density at radius 1 is 1.04 bits per heavy atom. The highest BCUT2D eigenvalue weighted by Crippen LogP contribution is 2.29. The molecule has 0 bridgehead atoms. The number of benzene rings is 2. The second kappa shape index (κ2) is 6.87. The minimum atomic E-state index is -1.54. The van der Waals surface area contributed by atoms with Crippen molar-refractivity contribution in [3.05, 3.63) is 46.6 Å². The largest absolute Gasteiger partial charge is 0.462 e. The van der Waals surface area contributed by atoms with Gasteiger partial charge in [0, 0.05) is 12.1 Å². The van der Waals surface area contributed by atoms with E-state index in [4.69, 9.17) is 13.9 Å². The van der Waals surface area contributed by atoms with Crippen LogP contribution in [0, 0.1) is 0 Å². The Labute approximate surface area is 152 Å². The van der Waals surface area contributed by atoms with Crippen LogP contribution in [-0.4, -0.2) is 62.7 Å². The maximum Gasteiger partial charge on any atom is 0.229 e. The lowest BCUT2D eigenvalue weighted by molar-refractivity contribution is -0.277. The second-order valence-electron chi connectivity index (χ2n) is 6.29. The van der Waals surface area contributed by atoms with Crippen molar-refractivity contribution in [3.8, 4) is 17.2 Å². The quantitative estimate of drug-likeness (QED) is 0.444. The summed E-state index contributed by atoms with van der Waals surface area (Å²) in [6.07, 6.45) is -6.90. The van der Waals surface area contributed by atoms with Crippen LogP contribution in [0.4, 0.5) is 0 Å². The monoisotopic (exact) mass is 375 g/mol. The van der Waals surface area contributed by atoms with Gasteiger partial charge in [-0.2, -0.15) is 0 Å². The fourth-order valence-corrected chi connectivity index (χ4v) is 2.96. The zero-order valence-corrected chi connectivity index (χ0v) is 13.9. The van der Waals surface area contributed by atoms with Gasteiger partial charge < -0.3 is 34.3 Å². The molecule has 0 unspecified atom stereocenters. The Morgan fingerprint density at radius 3 is 2.63 bits per heavy atom. The first-order chi connectivity index (χ1) is 13.0. The van der Waals surface area contributed by atoms with Crippen molar-refractivity contribution in [1.29, 1.82) is 0 Å². The Balaban J connectivity index is 1.65. The Bertz CT molecular complexity index is 987. The minimum absolute atomic E-state index is 0.207. The van der Waals surface area contributed by atoms with Gasteiger partial charge in [0.1, 0.15) is 41.4 Å². The highest BCUT2D eigenvalue weighted by atomic mass is 16.7. The van der Waals surface area contributed by atoms with Crippen molar-refractivity contribution in [2.45, 2.75) is 30.7 Å². The number of nitrogens with zero attached hydrogens (tertiary/aromatic N) is 1. The summed E-state index contributed by atoms with van der Waals surface area (Å²) in [7, 11) is 0. The van der Waals surface area contributed by atoms with Crippen LogP contribution >= 0.6 is 0 Å². The van der Waals surface area contributed by atoms with Crippen molar-refractivity contribution in [2.24, 2.45) is 0 Å². The van der Waals surface area contributed by atoms with Gasteiger partial charge in [-0.3, -0.25) is 4.79 Å². The smallest absolute Gasteiger partial charge is 0.229 e. The topological polar surface area (TPSA) is 142 Å². The predicted molar refractivity (Wildman–Crippen MR) is 91.3 cm³/mol. The molecule has 2 heterocycles. The summed E-state index contributed by atoms with van der Waals surface area (Å²) < 4.78 is 16.6. The van der Waals surface area contributed by atoms with Gasteiger partial charge in [-0.25, -0.2) is 4.98 Å². The molecule has 142 valence electrons. The highest BCUT2D eigenvalue weighted by Gasteiger charge is 2.44. The van der Waals surface area contributed by atoms with Crippen LogP contribution in [0.15, 0.2) is 45.6 Å². The molecular formula is C18H17NO8. The second-order valence-corrected chi connectivity index (χ2v) is 6.29. The number of aliphatic hydroxyl groups excluding tert-OH is 4. The summed E-state index contributed by atoms with van der Waals surface area (Å²) in [6.45, 7) is -0.550. The van der Waals surface area contributed by atoms with Gasteiger partial charge in [0.2, 0.25) is 6.29 Å². The van der Waals surface area contributed by atoms with Crippen molar-refractivity contribution in [1.82, 2.24) is 4.98 Å². The summed E-state index contributed by atoms with van der Waals surface area (Å²) in [5.74, 6) is 0.565. The SMILES string of the molecule is O=c1ccc2nc3ccc(O[C@@H]4O[C@H](CO)[C@@H](O)[C@H](O)[C@H]4O)cc3oc-2c1. The van der Waals surface area contributed by atoms with Gasteiger partial charge >= 0.3 is 0 Å². The molecule has 0 spiro atoms. The van der Waals surface area contributed by atoms with Crippen LogP contribution in [0.25, 0.3) is 22.6 Å². The fourth-order valence-electron chi connectivity index (χ4n) is 2.96. The van der Waals surface area contributed by atoms with Crippen molar-refractivity contribution >= 4 is 11.1 Å². The lowest BCUT2D eigenvalue weighted by Gasteiger charge is -2.39. The number of fused-ring (bicyclic) bond motifs is 2. The number of aromatic nitrogens is 1. The Morgan fingerprint density at radius 2 is 1.85 bits per heavy atom. The van der Waals surface area contributed by atoms with E-state index in [1.807, 2.05) is 0 Å². The van der Waals surface area contributed by atoms with Crippen LogP contribution < -0.4 is 10.2 Å². The van der Waals surface area contributed by atoms with Crippen LogP contribution in [0.1, 0.15) is 0 Å². The predicted octanol–water partition coefficient (Wildman–Crippen LogP) is -0.529. The highest BCUT2D eigenvalue weighted by molar-refractivity contribution is 5.77. The first-order valence-electron chi connectivity index (χ1n) is 8.28. The van der Waals surface area contributed by atoms with Gasteiger partial charge in [-0.1, -0.05) is 0 Å². The van der Waals surface area contributed by atoms with Crippen LogP contribution in [0.3, 0.4) is 0 Å². The van der Waals surface area contributed by atoms with Gasteiger partial charge in [0.15, 0.2) is 16.8 Å². The van der Waals surface area contributed by atoms with E-state index in [0.29, 0.717) is 22.6 Å². The molecule has 0 saturated carbocycles. The van der Waals surface area contributed by atoms with E-state index >= 15 is 0 Å². The molecule has 0 aromatic heterocycles. The van der Waals surface area contributed by atoms with E-state index in [1.54, 1.807) is 18.2 Å². The molecule has 27 heavy (non-hydrogen) atoms. The molecule has 1 fully saturated rings. The van der Waals surface area contributed by atoms with Crippen molar-refractivity contribution < 1.29 is 34.3 Å². The number of rotatable bonds is 3. The molecule has 1 aromatic carbocycles. The zero-order valence-electron chi connectivity index (χ0n) is 13.9. The molecule has 4 N–H and O–H groups in total. The van der Waals surface area contributed by atoms with Gasteiger partial charge in [-0.05, 0) is 24.3 Å². The molecule has 1 aliphatic carbocycles. The number of hydrogen-bond donors (Lipinski definition) is 4. The summed E-state index contributed by atoms with van der Waals surface area (Å²) in [5, 5.41) is 38.9. The molecule has 0 radical (unpaired) electrons. The lowest BCUT2D eigenvalue weighted by Crippen LogP contribution is -2.60. The first-order valence-corrected chi connectivity index (χ1v) is 8.28. The molecular weight excluding hydrogens is 358 g/mol. The summed E-state index contributed by atoms with van der Waals surface area (Å²) in [5.41, 5.74) is 1.20. The average Bonchev–Trinajstić information content (AvgIpc) is 2.66. The fraction of sp³-hybridized carbons (Fsp3) is 0.333. The van der Waals surface area contributed by atoms with Gasteiger partial charge in [0.05, 0.1) is 6.61 Å². The maximum absolute atomic E-state index is 11.5. The van der Waals surface area contributed by atoms with Crippen LogP contribution in [-0.2, 0) is 4.74 Å². The third-order valence-electron chi connectivity index (χ3n) is 4.42. The molecule has 2 aliphatic heterocycles. The molecule has 3 aliphatic rings. The van der Waals surface area contributed by atoms with E-state index in [9.17, 15) is 25.2 Å². The van der Waals surface area contributed by atoms with Crippen LogP contribution in [0.5, 0.6) is 5.75 Å². The van der Waals surface area contributed by atoms with E-state index in [1.165, 1.54) is 18.2 Å². The number of hydrogen-bond acceptors (Lipinski definition) is 9. The number of aliphatic hydroxyl groups is 4. The summed E-state index contributed by atoms with van der Waals surface area (Å²) in [6, 6.07) is 8.99. The van der Waals surface area contributed by atoms with Gasteiger partial charge in [-0.15, -0.1) is 0 Å². The zero-order chi connectivity index (χ0) is 19.1. The normalized spacial score (nSPS) is 28.5. The number of ether oxygens (including phenoxy) is 2. The molecule has 9 nitrogen and oxygen atoms in total. The third kappa shape index (κ3) is 3.27. The average molecular weight is 375 g/mol. The lowest BCUT2D eigenvalue weighted by atomic mass is 9.99. The van der Waals surface area contributed by atoms with Crippen molar-refractivity contribution in [3.63, 3.8) is 0 Å². The third-order valence-corrected chi connectivity index (χ3v) is 4.42. The molecule has 9 heteroatoms. The first kappa shape index (κ1) is 17.8. The Hall–Kier alpha value is -2.56. The van der Waals surface area contributed by atoms with E-state index in [-0.39, 0.29) is 11.2 Å². The maximum atomic E-state index is 11.5. The molecule has 1 aromatic rings. The molecule has 4 rings (SSSR count).